The van der Waals surface area contributed by atoms with E-state index in [0.717, 1.165) is 24.3 Å². The summed E-state index contributed by atoms with van der Waals surface area (Å²) in [7, 11) is 0. The Morgan fingerprint density at radius 2 is 1.87 bits per heavy atom. The van der Waals surface area contributed by atoms with Gasteiger partial charge in [0.25, 0.3) is 5.91 Å². The largest absolute Gasteiger partial charge is 0.372 e. The first-order valence-corrected chi connectivity index (χ1v) is 7.87. The van der Waals surface area contributed by atoms with Crippen LogP contribution in [-0.2, 0) is 6.42 Å². The van der Waals surface area contributed by atoms with Gasteiger partial charge in [-0.25, -0.2) is 4.39 Å². The van der Waals surface area contributed by atoms with Crippen LogP contribution in [0.4, 0.5) is 10.1 Å². The van der Waals surface area contributed by atoms with Gasteiger partial charge < -0.3 is 10.2 Å². The molecule has 2 aromatic rings. The van der Waals surface area contributed by atoms with Crippen LogP contribution in [0, 0.1) is 5.82 Å². The number of nitrogens with zero attached hydrogens (tertiary/aromatic N) is 2. The van der Waals surface area contributed by atoms with Crippen molar-refractivity contribution in [2.75, 3.05) is 24.5 Å². The summed E-state index contributed by atoms with van der Waals surface area (Å²) in [5, 5.41) is 2.85. The molecule has 0 bridgehead atoms. The second kappa shape index (κ2) is 8.27. The molecule has 23 heavy (non-hydrogen) atoms. The fourth-order valence-electron chi connectivity index (χ4n) is 2.39. The summed E-state index contributed by atoms with van der Waals surface area (Å²) in [4.78, 5) is 18.5. The van der Waals surface area contributed by atoms with E-state index in [1.54, 1.807) is 24.4 Å². The summed E-state index contributed by atoms with van der Waals surface area (Å²) in [5.74, 6) is -0.448. The summed E-state index contributed by atoms with van der Waals surface area (Å²) in [5.41, 5.74) is 2.39. The highest BCUT2D eigenvalue weighted by Gasteiger charge is 2.09. The van der Waals surface area contributed by atoms with Gasteiger partial charge in [0.1, 0.15) is 11.5 Å². The minimum absolute atomic E-state index is 0.193. The molecule has 0 saturated carbocycles. The predicted molar refractivity (Wildman–Crippen MR) is 90.2 cm³/mol. The molecule has 0 unspecified atom stereocenters. The zero-order valence-electron chi connectivity index (χ0n) is 13.6. The fourth-order valence-corrected chi connectivity index (χ4v) is 2.39. The molecule has 5 heteroatoms. The van der Waals surface area contributed by atoms with Crippen molar-refractivity contribution in [2.24, 2.45) is 0 Å². The highest BCUT2D eigenvalue weighted by molar-refractivity contribution is 5.93. The van der Waals surface area contributed by atoms with Crippen LogP contribution in [0.15, 0.2) is 42.6 Å². The second-order valence-electron chi connectivity index (χ2n) is 5.20. The maximum Gasteiger partial charge on any atom is 0.269 e. The van der Waals surface area contributed by atoms with E-state index in [1.807, 2.05) is 6.07 Å². The van der Waals surface area contributed by atoms with Gasteiger partial charge in [-0.3, -0.25) is 9.78 Å². The standard InChI is InChI=1S/C18H22FN3O/c1-3-22(4-2)16-10-12-20-17(13-16)18(23)21-11-9-14-5-7-15(19)8-6-14/h5-8,10,12-13H,3-4,9,11H2,1-2H3,(H,21,23). The Bertz CT molecular complexity index is 639. The van der Waals surface area contributed by atoms with Gasteiger partial charge in [-0.15, -0.1) is 0 Å². The normalized spacial score (nSPS) is 10.4. The van der Waals surface area contributed by atoms with Crippen LogP contribution in [-0.4, -0.2) is 30.5 Å². The minimum atomic E-state index is -0.254. The number of hydrogen-bond acceptors (Lipinski definition) is 3. The Labute approximate surface area is 136 Å². The average Bonchev–Trinajstić information content (AvgIpc) is 2.58. The lowest BCUT2D eigenvalue weighted by atomic mass is 10.1. The van der Waals surface area contributed by atoms with Gasteiger partial charge in [0, 0.05) is 31.5 Å². The molecular weight excluding hydrogens is 293 g/mol. The van der Waals surface area contributed by atoms with Crippen molar-refractivity contribution < 1.29 is 9.18 Å². The van der Waals surface area contributed by atoms with Crippen molar-refractivity contribution in [2.45, 2.75) is 20.3 Å². The second-order valence-corrected chi connectivity index (χ2v) is 5.20. The third kappa shape index (κ3) is 4.77. The number of amides is 1. The van der Waals surface area contributed by atoms with Crippen LogP contribution in [0.25, 0.3) is 0 Å². The Kier molecular flexibility index (Phi) is 6.09. The molecule has 0 atom stereocenters. The molecule has 1 aromatic carbocycles. The lowest BCUT2D eigenvalue weighted by Gasteiger charge is -2.21. The van der Waals surface area contributed by atoms with E-state index in [4.69, 9.17) is 0 Å². The van der Waals surface area contributed by atoms with Crippen LogP contribution >= 0.6 is 0 Å². The van der Waals surface area contributed by atoms with Gasteiger partial charge in [0.05, 0.1) is 0 Å². The molecular formula is C18H22FN3O. The molecule has 2 rings (SSSR count). The van der Waals surface area contributed by atoms with Gasteiger partial charge in [0.2, 0.25) is 0 Å². The van der Waals surface area contributed by atoms with E-state index in [1.165, 1.54) is 12.1 Å². The Balaban J connectivity index is 1.92. The first-order chi connectivity index (χ1) is 11.1. The monoisotopic (exact) mass is 315 g/mol. The van der Waals surface area contributed by atoms with Crippen LogP contribution in [0.5, 0.6) is 0 Å². The van der Waals surface area contributed by atoms with Crippen LogP contribution in [0.3, 0.4) is 0 Å². The van der Waals surface area contributed by atoms with Crippen LogP contribution < -0.4 is 10.2 Å². The molecule has 4 nitrogen and oxygen atoms in total. The molecule has 0 saturated heterocycles. The number of nitrogens with one attached hydrogen (secondary N) is 1. The molecule has 1 heterocycles. The number of aromatic nitrogens is 1. The number of halogens is 1. The van der Waals surface area contributed by atoms with Gasteiger partial charge in [-0.1, -0.05) is 12.1 Å². The Morgan fingerprint density at radius 1 is 1.17 bits per heavy atom. The summed E-state index contributed by atoms with van der Waals surface area (Å²) >= 11 is 0. The highest BCUT2D eigenvalue weighted by atomic mass is 19.1. The van der Waals surface area contributed by atoms with E-state index in [0.29, 0.717) is 18.7 Å². The van der Waals surface area contributed by atoms with Gasteiger partial charge in [-0.05, 0) is 50.1 Å². The summed E-state index contributed by atoms with van der Waals surface area (Å²) in [6, 6.07) is 10.0. The SMILES string of the molecule is CCN(CC)c1ccnc(C(=O)NCCc2ccc(F)cc2)c1. The van der Waals surface area contributed by atoms with E-state index >= 15 is 0 Å². The van der Waals surface area contributed by atoms with Gasteiger partial charge in [0.15, 0.2) is 0 Å². The molecule has 0 radical (unpaired) electrons. The summed E-state index contributed by atoms with van der Waals surface area (Å²) in [6.07, 6.45) is 2.31. The number of hydrogen-bond donors (Lipinski definition) is 1. The van der Waals surface area contributed by atoms with Gasteiger partial charge >= 0.3 is 0 Å². The third-order valence-corrected chi connectivity index (χ3v) is 3.72. The van der Waals surface area contributed by atoms with Gasteiger partial charge in [-0.2, -0.15) is 0 Å². The molecule has 122 valence electrons. The summed E-state index contributed by atoms with van der Waals surface area (Å²) in [6.45, 7) is 6.40. The molecule has 0 aliphatic carbocycles. The topological polar surface area (TPSA) is 45.2 Å². The quantitative estimate of drug-likeness (QED) is 0.854. The molecule has 0 aliphatic heterocycles. The number of carbonyl (C=O) groups excluding carboxylic acids is 1. The van der Waals surface area contributed by atoms with Crippen molar-refractivity contribution >= 4 is 11.6 Å². The van der Waals surface area contributed by atoms with Crippen molar-refractivity contribution in [3.63, 3.8) is 0 Å². The van der Waals surface area contributed by atoms with Crippen LogP contribution in [0.1, 0.15) is 29.9 Å². The Morgan fingerprint density at radius 3 is 2.52 bits per heavy atom. The zero-order valence-corrected chi connectivity index (χ0v) is 13.6. The number of benzene rings is 1. The smallest absolute Gasteiger partial charge is 0.269 e. The number of carbonyl (C=O) groups is 1. The van der Waals surface area contributed by atoms with Crippen LogP contribution in [0.2, 0.25) is 0 Å². The van der Waals surface area contributed by atoms with E-state index in [2.05, 4.69) is 29.0 Å². The number of pyridine rings is 1. The van der Waals surface area contributed by atoms with Crippen molar-refractivity contribution in [1.29, 1.82) is 0 Å². The average molecular weight is 315 g/mol. The first-order valence-electron chi connectivity index (χ1n) is 7.87. The maximum atomic E-state index is 12.8. The van der Waals surface area contributed by atoms with Crippen molar-refractivity contribution in [3.8, 4) is 0 Å². The highest BCUT2D eigenvalue weighted by Crippen LogP contribution is 2.14. The lowest BCUT2D eigenvalue weighted by molar-refractivity contribution is 0.0949. The molecule has 1 amide bonds. The number of rotatable bonds is 7. The minimum Gasteiger partial charge on any atom is -0.372 e. The molecule has 0 aliphatic rings. The zero-order chi connectivity index (χ0) is 16.7. The Hall–Kier alpha value is -2.43. The molecule has 1 N–H and O–H groups in total. The van der Waals surface area contributed by atoms with Crippen molar-refractivity contribution in [3.05, 3.63) is 59.7 Å². The van der Waals surface area contributed by atoms with E-state index in [-0.39, 0.29) is 11.7 Å². The lowest BCUT2D eigenvalue weighted by Crippen LogP contribution is -2.27. The summed E-state index contributed by atoms with van der Waals surface area (Å²) < 4.78 is 12.8. The number of anilines is 1. The van der Waals surface area contributed by atoms with E-state index < -0.39 is 0 Å². The third-order valence-electron chi connectivity index (χ3n) is 3.72. The van der Waals surface area contributed by atoms with Crippen molar-refractivity contribution in [1.82, 2.24) is 10.3 Å². The molecule has 0 fully saturated rings. The van der Waals surface area contributed by atoms with E-state index in [9.17, 15) is 9.18 Å². The fraction of sp³-hybridized carbons (Fsp3) is 0.333. The molecule has 1 aromatic heterocycles. The predicted octanol–water partition coefficient (Wildman–Crippen LogP) is 3.04. The molecule has 0 spiro atoms. The first kappa shape index (κ1) is 16.9. The maximum absolute atomic E-state index is 12.8.